The fourth-order valence-electron chi connectivity index (χ4n) is 2.29. The summed E-state index contributed by atoms with van der Waals surface area (Å²) in [6.07, 6.45) is 1.39. The van der Waals surface area contributed by atoms with Gasteiger partial charge in [-0.3, -0.25) is 0 Å². The Kier molecular flexibility index (Phi) is 3.76. The van der Waals surface area contributed by atoms with Crippen molar-refractivity contribution in [1.29, 1.82) is 0 Å². The first-order chi connectivity index (χ1) is 9.06. The molecule has 0 fully saturated rings. The highest BCUT2D eigenvalue weighted by molar-refractivity contribution is 5.40. The van der Waals surface area contributed by atoms with Crippen molar-refractivity contribution in [2.24, 2.45) is 0 Å². The molecule has 0 radical (unpaired) electrons. The van der Waals surface area contributed by atoms with Gasteiger partial charge in [0, 0.05) is 0 Å². The van der Waals surface area contributed by atoms with Crippen molar-refractivity contribution in [1.82, 2.24) is 0 Å². The van der Waals surface area contributed by atoms with Gasteiger partial charge in [0.15, 0.2) is 0 Å². The van der Waals surface area contributed by atoms with E-state index in [4.69, 9.17) is 0 Å². The van der Waals surface area contributed by atoms with E-state index < -0.39 is 5.60 Å². The lowest BCUT2D eigenvalue weighted by molar-refractivity contribution is 0.0701. The Labute approximate surface area is 112 Å². The zero-order valence-electron chi connectivity index (χ0n) is 10.9. The molecule has 19 heavy (non-hydrogen) atoms. The number of aliphatic hydroxyl groups is 1. The molecule has 0 atom stereocenters. The molecule has 0 aliphatic rings. The average Bonchev–Trinajstić information content (AvgIpc) is 2.40. The molecule has 0 spiro atoms. The van der Waals surface area contributed by atoms with E-state index in [-0.39, 0.29) is 11.5 Å². The van der Waals surface area contributed by atoms with Crippen LogP contribution in [0.1, 0.15) is 30.9 Å². The maximum atomic E-state index is 11.0. The van der Waals surface area contributed by atoms with Gasteiger partial charge in [-0.15, -0.1) is 0 Å². The quantitative estimate of drug-likeness (QED) is 0.789. The van der Waals surface area contributed by atoms with Gasteiger partial charge in [0.1, 0.15) is 17.1 Å². The number of phenols is 2. The van der Waals surface area contributed by atoms with Crippen LogP contribution in [-0.2, 0) is 5.60 Å². The number of rotatable bonds is 4. The fourth-order valence-corrected chi connectivity index (χ4v) is 2.29. The summed E-state index contributed by atoms with van der Waals surface area (Å²) in [4.78, 5) is 0. The molecule has 0 aromatic heterocycles. The summed E-state index contributed by atoms with van der Waals surface area (Å²) >= 11 is 0. The molecule has 3 heteroatoms. The summed E-state index contributed by atoms with van der Waals surface area (Å²) in [7, 11) is 0. The molecular weight excluding hydrogens is 240 g/mol. The highest BCUT2D eigenvalue weighted by Gasteiger charge is 2.30. The van der Waals surface area contributed by atoms with Crippen molar-refractivity contribution < 1.29 is 15.3 Å². The minimum atomic E-state index is -1.10. The van der Waals surface area contributed by atoms with Gasteiger partial charge in [-0.2, -0.15) is 0 Å². The van der Waals surface area contributed by atoms with Crippen LogP contribution in [0.2, 0.25) is 0 Å². The smallest absolute Gasteiger partial charge is 0.115 e. The molecule has 0 amide bonds. The van der Waals surface area contributed by atoms with E-state index >= 15 is 0 Å². The van der Waals surface area contributed by atoms with E-state index in [9.17, 15) is 15.3 Å². The zero-order chi connectivity index (χ0) is 13.9. The van der Waals surface area contributed by atoms with Crippen LogP contribution in [0.15, 0.2) is 48.5 Å². The maximum Gasteiger partial charge on any atom is 0.115 e. The van der Waals surface area contributed by atoms with E-state index in [0.29, 0.717) is 6.42 Å². The lowest BCUT2D eigenvalue weighted by atomic mass is 9.83. The molecule has 3 nitrogen and oxygen atoms in total. The van der Waals surface area contributed by atoms with Crippen LogP contribution in [0, 0.1) is 0 Å². The Morgan fingerprint density at radius 3 is 1.47 bits per heavy atom. The number of phenolic OH excluding ortho intramolecular Hbond substituents is 2. The monoisotopic (exact) mass is 258 g/mol. The third-order valence-corrected chi connectivity index (χ3v) is 3.30. The van der Waals surface area contributed by atoms with Crippen LogP contribution in [0.5, 0.6) is 11.5 Å². The summed E-state index contributed by atoms with van der Waals surface area (Å²) < 4.78 is 0. The summed E-state index contributed by atoms with van der Waals surface area (Å²) in [5, 5.41) is 29.7. The number of benzene rings is 2. The minimum Gasteiger partial charge on any atom is -0.508 e. The Hall–Kier alpha value is -2.00. The highest BCUT2D eigenvalue weighted by Crippen LogP contribution is 2.35. The van der Waals surface area contributed by atoms with Gasteiger partial charge in [-0.1, -0.05) is 37.6 Å². The number of hydrogen-bond acceptors (Lipinski definition) is 3. The van der Waals surface area contributed by atoms with Crippen molar-refractivity contribution in [2.45, 2.75) is 25.4 Å². The van der Waals surface area contributed by atoms with Gasteiger partial charge in [-0.25, -0.2) is 0 Å². The molecule has 0 saturated carbocycles. The molecule has 2 aromatic rings. The van der Waals surface area contributed by atoms with Gasteiger partial charge in [0.2, 0.25) is 0 Å². The van der Waals surface area contributed by atoms with Gasteiger partial charge < -0.3 is 15.3 Å². The molecule has 0 heterocycles. The Morgan fingerprint density at radius 2 is 1.16 bits per heavy atom. The fraction of sp³-hybridized carbons (Fsp3) is 0.250. The van der Waals surface area contributed by atoms with Crippen LogP contribution in [0.3, 0.4) is 0 Å². The molecular formula is C16H18O3. The number of aromatic hydroxyl groups is 2. The van der Waals surface area contributed by atoms with Crippen molar-refractivity contribution in [3.8, 4) is 11.5 Å². The van der Waals surface area contributed by atoms with Gasteiger partial charge in [0.25, 0.3) is 0 Å². The largest absolute Gasteiger partial charge is 0.508 e. The highest BCUT2D eigenvalue weighted by atomic mass is 16.3. The SMILES string of the molecule is CCCC(O)(c1ccc(O)cc1)c1ccc(O)cc1. The van der Waals surface area contributed by atoms with E-state index in [0.717, 1.165) is 17.5 Å². The topological polar surface area (TPSA) is 60.7 Å². The molecule has 100 valence electrons. The van der Waals surface area contributed by atoms with E-state index in [2.05, 4.69) is 0 Å². The molecule has 0 unspecified atom stereocenters. The maximum absolute atomic E-state index is 11.0. The predicted octanol–water partition coefficient (Wildman–Crippen LogP) is 3.13. The molecule has 0 aliphatic heterocycles. The molecule has 0 aliphatic carbocycles. The predicted molar refractivity (Wildman–Crippen MR) is 74.1 cm³/mol. The third-order valence-electron chi connectivity index (χ3n) is 3.30. The van der Waals surface area contributed by atoms with Crippen LogP contribution < -0.4 is 0 Å². The van der Waals surface area contributed by atoms with Crippen molar-refractivity contribution in [3.05, 3.63) is 59.7 Å². The minimum absolute atomic E-state index is 0.174. The Balaban J connectivity index is 2.47. The van der Waals surface area contributed by atoms with Gasteiger partial charge in [-0.05, 0) is 41.8 Å². The van der Waals surface area contributed by atoms with Crippen molar-refractivity contribution >= 4 is 0 Å². The van der Waals surface area contributed by atoms with Crippen LogP contribution >= 0.6 is 0 Å². The molecule has 0 saturated heterocycles. The van der Waals surface area contributed by atoms with E-state index in [1.54, 1.807) is 48.5 Å². The average molecular weight is 258 g/mol. The van der Waals surface area contributed by atoms with Crippen molar-refractivity contribution in [2.75, 3.05) is 0 Å². The van der Waals surface area contributed by atoms with Crippen LogP contribution in [-0.4, -0.2) is 15.3 Å². The van der Waals surface area contributed by atoms with E-state index in [1.165, 1.54) is 0 Å². The normalized spacial score (nSPS) is 11.5. The standard InChI is InChI=1S/C16H18O3/c1-2-11-16(19,12-3-7-14(17)8-4-12)13-5-9-15(18)10-6-13/h3-10,17-19H,2,11H2,1H3. The van der Waals surface area contributed by atoms with Crippen LogP contribution in [0.4, 0.5) is 0 Å². The first-order valence-corrected chi connectivity index (χ1v) is 6.37. The molecule has 0 bridgehead atoms. The second-order valence-electron chi connectivity index (χ2n) is 4.70. The lowest BCUT2D eigenvalue weighted by Gasteiger charge is -2.29. The zero-order valence-corrected chi connectivity index (χ0v) is 10.9. The molecule has 2 rings (SSSR count). The Morgan fingerprint density at radius 1 is 0.789 bits per heavy atom. The van der Waals surface area contributed by atoms with E-state index in [1.807, 2.05) is 6.92 Å². The first kappa shape index (κ1) is 13.4. The van der Waals surface area contributed by atoms with Gasteiger partial charge in [0.05, 0.1) is 0 Å². The summed E-state index contributed by atoms with van der Waals surface area (Å²) in [5.41, 5.74) is 0.367. The lowest BCUT2D eigenvalue weighted by Crippen LogP contribution is -2.26. The molecule has 3 N–H and O–H groups in total. The summed E-state index contributed by atoms with van der Waals surface area (Å²) in [6.45, 7) is 2.01. The second-order valence-corrected chi connectivity index (χ2v) is 4.70. The third kappa shape index (κ3) is 2.71. The van der Waals surface area contributed by atoms with Gasteiger partial charge >= 0.3 is 0 Å². The number of hydrogen-bond donors (Lipinski definition) is 3. The first-order valence-electron chi connectivity index (χ1n) is 6.37. The summed E-state index contributed by atoms with van der Waals surface area (Å²) in [5.74, 6) is 0.349. The second kappa shape index (κ2) is 5.33. The summed E-state index contributed by atoms with van der Waals surface area (Å²) in [6, 6.07) is 13.1. The van der Waals surface area contributed by atoms with Crippen molar-refractivity contribution in [3.63, 3.8) is 0 Å². The van der Waals surface area contributed by atoms with Crippen LogP contribution in [0.25, 0.3) is 0 Å². The Bertz CT molecular complexity index is 483. The molecule has 2 aromatic carbocycles.